The average molecular weight is 291 g/mol. The van der Waals surface area contributed by atoms with Crippen LogP contribution >= 0.6 is 23.2 Å². The number of hydrogen-bond donors (Lipinski definition) is 1. The van der Waals surface area contributed by atoms with E-state index in [1.54, 1.807) is 25.2 Å². The van der Waals surface area contributed by atoms with Crippen LogP contribution in [0.5, 0.6) is 5.75 Å². The molecule has 0 fully saturated rings. The Bertz CT molecular complexity index is 427. The summed E-state index contributed by atoms with van der Waals surface area (Å²) in [5.74, 6) is 0.620. The minimum atomic E-state index is -0.480. The van der Waals surface area contributed by atoms with Gasteiger partial charge in [0, 0.05) is 13.1 Å². The van der Waals surface area contributed by atoms with Crippen LogP contribution in [0.2, 0.25) is 10.0 Å². The van der Waals surface area contributed by atoms with Crippen LogP contribution in [0.15, 0.2) is 18.2 Å². The molecule has 1 aromatic rings. The molecule has 1 aromatic carbocycles. The minimum absolute atomic E-state index is 0.139. The molecule has 2 N–H and O–H groups in total. The summed E-state index contributed by atoms with van der Waals surface area (Å²) in [6.45, 7) is 2.39. The van der Waals surface area contributed by atoms with Crippen molar-refractivity contribution < 1.29 is 9.53 Å². The van der Waals surface area contributed by atoms with E-state index in [2.05, 4.69) is 0 Å². The van der Waals surface area contributed by atoms with E-state index in [1.165, 1.54) is 4.90 Å². The highest BCUT2D eigenvalue weighted by molar-refractivity contribution is 6.42. The second kappa shape index (κ2) is 6.71. The lowest BCUT2D eigenvalue weighted by atomic mass is 10.2. The monoisotopic (exact) mass is 290 g/mol. The summed E-state index contributed by atoms with van der Waals surface area (Å²) < 4.78 is 5.73. The number of nitrogens with zero attached hydrogens (tertiary/aromatic N) is 1. The van der Waals surface area contributed by atoms with Crippen LogP contribution in [0.3, 0.4) is 0 Å². The van der Waals surface area contributed by atoms with Gasteiger partial charge in [-0.3, -0.25) is 0 Å². The molecule has 0 heterocycles. The van der Waals surface area contributed by atoms with Crippen LogP contribution in [0.25, 0.3) is 0 Å². The number of rotatable bonds is 5. The van der Waals surface area contributed by atoms with Gasteiger partial charge in [-0.15, -0.1) is 0 Å². The first kappa shape index (κ1) is 14.9. The second-order valence-corrected chi connectivity index (χ2v) is 4.76. The van der Waals surface area contributed by atoms with Gasteiger partial charge in [0.2, 0.25) is 0 Å². The Kier molecular flexibility index (Phi) is 5.56. The van der Waals surface area contributed by atoms with E-state index in [1.807, 2.05) is 6.92 Å². The van der Waals surface area contributed by atoms with Crippen molar-refractivity contribution in [2.75, 3.05) is 13.6 Å². The zero-order chi connectivity index (χ0) is 13.7. The number of nitrogens with two attached hydrogens (primary N) is 1. The number of halogens is 2. The third-order valence-electron chi connectivity index (χ3n) is 2.50. The zero-order valence-electron chi connectivity index (χ0n) is 10.3. The summed E-state index contributed by atoms with van der Waals surface area (Å²) in [6, 6.07) is 4.58. The number of hydrogen-bond acceptors (Lipinski definition) is 2. The van der Waals surface area contributed by atoms with Gasteiger partial charge in [0.15, 0.2) is 0 Å². The fraction of sp³-hybridized carbons (Fsp3) is 0.417. The standard InChI is InChI=1S/C12H16Cl2N2O2/c1-3-8(7-16(2)12(15)17)18-9-4-5-10(13)11(14)6-9/h4-6,8H,3,7H2,1-2H3,(H2,15,17)/t8-/m1/s1. The molecule has 4 nitrogen and oxygen atoms in total. The minimum Gasteiger partial charge on any atom is -0.489 e. The molecule has 0 aliphatic heterocycles. The maximum atomic E-state index is 11.0. The van der Waals surface area contributed by atoms with Crippen molar-refractivity contribution in [3.63, 3.8) is 0 Å². The molecule has 0 saturated heterocycles. The smallest absolute Gasteiger partial charge is 0.314 e. The van der Waals surface area contributed by atoms with Crippen LogP contribution in [0, 0.1) is 0 Å². The predicted octanol–water partition coefficient (Wildman–Crippen LogP) is 3.16. The Hall–Kier alpha value is -1.13. The lowest BCUT2D eigenvalue weighted by Crippen LogP contribution is -2.39. The van der Waals surface area contributed by atoms with Crippen molar-refractivity contribution in [2.24, 2.45) is 5.73 Å². The molecule has 1 atom stereocenters. The number of likely N-dealkylation sites (N-methyl/N-ethyl adjacent to an activating group) is 1. The molecule has 0 bridgehead atoms. The Balaban J connectivity index is 2.67. The number of urea groups is 1. The van der Waals surface area contributed by atoms with Gasteiger partial charge in [0.1, 0.15) is 11.9 Å². The van der Waals surface area contributed by atoms with E-state index < -0.39 is 6.03 Å². The summed E-state index contributed by atoms with van der Waals surface area (Å²) in [5, 5.41) is 0.915. The molecule has 0 radical (unpaired) electrons. The van der Waals surface area contributed by atoms with E-state index in [4.69, 9.17) is 33.7 Å². The van der Waals surface area contributed by atoms with E-state index in [9.17, 15) is 4.79 Å². The zero-order valence-corrected chi connectivity index (χ0v) is 11.8. The van der Waals surface area contributed by atoms with Gasteiger partial charge in [-0.1, -0.05) is 30.1 Å². The molecule has 0 spiro atoms. The van der Waals surface area contributed by atoms with E-state index in [0.29, 0.717) is 22.3 Å². The number of benzene rings is 1. The Morgan fingerprint density at radius 2 is 2.11 bits per heavy atom. The highest BCUT2D eigenvalue weighted by atomic mass is 35.5. The number of carbonyl (C=O) groups is 1. The van der Waals surface area contributed by atoms with Crippen molar-refractivity contribution in [3.05, 3.63) is 28.2 Å². The van der Waals surface area contributed by atoms with Crippen molar-refractivity contribution in [1.82, 2.24) is 4.90 Å². The van der Waals surface area contributed by atoms with Crippen LogP contribution in [-0.2, 0) is 0 Å². The molecule has 2 amide bonds. The SMILES string of the molecule is CC[C@H](CN(C)C(N)=O)Oc1ccc(Cl)c(Cl)c1. The van der Waals surface area contributed by atoms with Gasteiger partial charge >= 0.3 is 6.03 Å². The van der Waals surface area contributed by atoms with Crippen molar-refractivity contribution in [2.45, 2.75) is 19.4 Å². The maximum absolute atomic E-state index is 11.0. The molecule has 18 heavy (non-hydrogen) atoms. The maximum Gasteiger partial charge on any atom is 0.314 e. The summed E-state index contributed by atoms with van der Waals surface area (Å²) in [7, 11) is 1.63. The van der Waals surface area contributed by atoms with Gasteiger partial charge in [-0.2, -0.15) is 0 Å². The molecular formula is C12H16Cl2N2O2. The van der Waals surface area contributed by atoms with Gasteiger partial charge in [-0.05, 0) is 18.6 Å². The quantitative estimate of drug-likeness (QED) is 0.906. The van der Waals surface area contributed by atoms with Gasteiger partial charge in [0.25, 0.3) is 0 Å². The number of primary amides is 1. The van der Waals surface area contributed by atoms with Crippen LogP contribution in [-0.4, -0.2) is 30.6 Å². The third kappa shape index (κ3) is 4.27. The predicted molar refractivity (Wildman–Crippen MR) is 73.4 cm³/mol. The first-order valence-electron chi connectivity index (χ1n) is 5.56. The highest BCUT2D eigenvalue weighted by Gasteiger charge is 2.14. The van der Waals surface area contributed by atoms with Crippen molar-refractivity contribution in [3.8, 4) is 5.75 Å². The molecule has 0 saturated carbocycles. The lowest BCUT2D eigenvalue weighted by molar-refractivity contribution is 0.150. The second-order valence-electron chi connectivity index (χ2n) is 3.94. The lowest BCUT2D eigenvalue weighted by Gasteiger charge is -2.23. The summed E-state index contributed by atoms with van der Waals surface area (Å²) >= 11 is 11.7. The molecule has 1 rings (SSSR count). The van der Waals surface area contributed by atoms with Crippen LogP contribution in [0.1, 0.15) is 13.3 Å². The normalized spacial score (nSPS) is 12.0. The van der Waals surface area contributed by atoms with Crippen LogP contribution in [0.4, 0.5) is 4.79 Å². The Morgan fingerprint density at radius 1 is 1.44 bits per heavy atom. The Morgan fingerprint density at radius 3 is 2.61 bits per heavy atom. The fourth-order valence-electron chi connectivity index (χ4n) is 1.39. The first-order valence-corrected chi connectivity index (χ1v) is 6.32. The number of carbonyl (C=O) groups excluding carboxylic acids is 1. The highest BCUT2D eigenvalue weighted by Crippen LogP contribution is 2.27. The number of amides is 2. The van der Waals surface area contributed by atoms with E-state index in [0.717, 1.165) is 6.42 Å². The fourth-order valence-corrected chi connectivity index (χ4v) is 1.68. The molecule has 0 aliphatic rings. The van der Waals surface area contributed by atoms with Gasteiger partial charge in [-0.25, -0.2) is 4.79 Å². The average Bonchev–Trinajstić information content (AvgIpc) is 2.32. The molecular weight excluding hydrogens is 275 g/mol. The van der Waals surface area contributed by atoms with Gasteiger partial charge in [0.05, 0.1) is 16.6 Å². The van der Waals surface area contributed by atoms with Crippen molar-refractivity contribution >= 4 is 29.2 Å². The first-order chi connectivity index (χ1) is 8.43. The molecule has 0 unspecified atom stereocenters. The topological polar surface area (TPSA) is 55.6 Å². The molecule has 6 heteroatoms. The largest absolute Gasteiger partial charge is 0.489 e. The Labute approximate surface area is 117 Å². The van der Waals surface area contributed by atoms with Crippen LogP contribution < -0.4 is 10.5 Å². The molecule has 0 aliphatic carbocycles. The summed E-state index contributed by atoms with van der Waals surface area (Å²) in [6.07, 6.45) is 0.609. The molecule has 100 valence electrons. The third-order valence-corrected chi connectivity index (χ3v) is 3.24. The number of ether oxygens (including phenoxy) is 1. The van der Waals surface area contributed by atoms with E-state index >= 15 is 0 Å². The summed E-state index contributed by atoms with van der Waals surface area (Å²) in [4.78, 5) is 12.4. The van der Waals surface area contributed by atoms with Gasteiger partial charge < -0.3 is 15.4 Å². The van der Waals surface area contributed by atoms with E-state index in [-0.39, 0.29) is 6.10 Å². The summed E-state index contributed by atoms with van der Waals surface area (Å²) in [5.41, 5.74) is 5.17. The van der Waals surface area contributed by atoms with Crippen molar-refractivity contribution in [1.29, 1.82) is 0 Å². The molecule has 0 aromatic heterocycles.